The lowest BCUT2D eigenvalue weighted by atomic mass is 10.1. The molecule has 0 atom stereocenters. The fraction of sp³-hybridized carbons (Fsp3) is 0.0769. The second-order valence-electron chi connectivity index (χ2n) is 3.96. The molecule has 0 unspecified atom stereocenters. The summed E-state index contributed by atoms with van der Waals surface area (Å²) >= 11 is 0. The number of anilines is 1. The minimum absolute atomic E-state index is 0.0973. The van der Waals surface area contributed by atoms with Crippen LogP contribution < -0.4 is 5.32 Å². The van der Waals surface area contributed by atoms with Gasteiger partial charge in [-0.15, -0.1) is 0 Å². The quantitative estimate of drug-likeness (QED) is 0.753. The maximum atomic E-state index is 11.8. The molecule has 2 aromatic heterocycles. The molecule has 1 N–H and O–H groups in total. The average molecular weight is 225 g/mol. The van der Waals surface area contributed by atoms with Gasteiger partial charge >= 0.3 is 0 Å². The third kappa shape index (κ3) is 1.54. The van der Waals surface area contributed by atoms with Crippen LogP contribution in [-0.2, 0) is 11.8 Å². The first-order chi connectivity index (χ1) is 8.25. The summed E-state index contributed by atoms with van der Waals surface area (Å²) in [6.45, 7) is 0. The largest absolute Gasteiger partial charge is 0.351 e. The summed E-state index contributed by atoms with van der Waals surface area (Å²) in [5, 5.41) is 2.80. The SMILES string of the molecule is Cn1cccc1C=C1C(=O)Nc2cccnc21. The van der Waals surface area contributed by atoms with E-state index in [1.165, 1.54) is 0 Å². The highest BCUT2D eigenvalue weighted by atomic mass is 16.2. The van der Waals surface area contributed by atoms with E-state index in [-0.39, 0.29) is 5.91 Å². The maximum Gasteiger partial charge on any atom is 0.258 e. The van der Waals surface area contributed by atoms with Crippen LogP contribution in [0.1, 0.15) is 11.4 Å². The fourth-order valence-electron chi connectivity index (χ4n) is 1.92. The molecule has 0 bridgehead atoms. The van der Waals surface area contributed by atoms with Gasteiger partial charge < -0.3 is 9.88 Å². The first kappa shape index (κ1) is 9.84. The molecule has 3 heterocycles. The van der Waals surface area contributed by atoms with Crippen LogP contribution in [0, 0.1) is 0 Å². The summed E-state index contributed by atoms with van der Waals surface area (Å²) in [6.07, 6.45) is 5.49. The molecular formula is C13H11N3O. The summed E-state index contributed by atoms with van der Waals surface area (Å²) in [4.78, 5) is 16.1. The minimum Gasteiger partial charge on any atom is -0.351 e. The van der Waals surface area contributed by atoms with Gasteiger partial charge in [0.05, 0.1) is 17.0 Å². The second kappa shape index (κ2) is 3.59. The highest BCUT2D eigenvalue weighted by Gasteiger charge is 2.25. The first-order valence-corrected chi connectivity index (χ1v) is 5.35. The van der Waals surface area contributed by atoms with E-state index in [1.807, 2.05) is 48.2 Å². The van der Waals surface area contributed by atoms with E-state index in [0.29, 0.717) is 5.57 Å². The van der Waals surface area contributed by atoms with E-state index in [1.54, 1.807) is 6.20 Å². The number of nitrogens with zero attached hydrogens (tertiary/aromatic N) is 2. The summed E-state index contributed by atoms with van der Waals surface area (Å²) in [5.41, 5.74) is 3.09. The van der Waals surface area contributed by atoms with Crippen molar-refractivity contribution in [3.63, 3.8) is 0 Å². The topological polar surface area (TPSA) is 46.9 Å². The van der Waals surface area contributed by atoms with Gasteiger partial charge in [0.1, 0.15) is 0 Å². The smallest absolute Gasteiger partial charge is 0.258 e. The molecule has 3 rings (SSSR count). The molecule has 4 heteroatoms. The predicted octanol–water partition coefficient (Wildman–Crippen LogP) is 1.91. The third-order valence-corrected chi connectivity index (χ3v) is 2.83. The van der Waals surface area contributed by atoms with Crippen molar-refractivity contribution in [1.82, 2.24) is 9.55 Å². The van der Waals surface area contributed by atoms with Crippen molar-refractivity contribution in [3.8, 4) is 0 Å². The Morgan fingerprint density at radius 1 is 1.35 bits per heavy atom. The van der Waals surface area contributed by atoms with Gasteiger partial charge in [-0.25, -0.2) is 0 Å². The Bertz CT molecular complexity index is 625. The molecule has 84 valence electrons. The Labute approximate surface area is 98.6 Å². The Balaban J connectivity index is 2.13. The summed E-state index contributed by atoms with van der Waals surface area (Å²) in [7, 11) is 1.94. The van der Waals surface area contributed by atoms with E-state index < -0.39 is 0 Å². The third-order valence-electron chi connectivity index (χ3n) is 2.83. The molecule has 17 heavy (non-hydrogen) atoms. The van der Waals surface area contributed by atoms with Crippen LogP contribution in [0.2, 0.25) is 0 Å². The number of aromatic nitrogens is 2. The van der Waals surface area contributed by atoms with Gasteiger partial charge in [-0.05, 0) is 30.3 Å². The molecule has 1 amide bonds. The van der Waals surface area contributed by atoms with Gasteiger partial charge in [-0.3, -0.25) is 9.78 Å². The summed E-state index contributed by atoms with van der Waals surface area (Å²) < 4.78 is 1.96. The molecule has 0 fully saturated rings. The van der Waals surface area contributed by atoms with E-state index >= 15 is 0 Å². The highest BCUT2D eigenvalue weighted by molar-refractivity contribution is 6.34. The summed E-state index contributed by atoms with van der Waals surface area (Å²) in [5.74, 6) is -0.0973. The van der Waals surface area contributed by atoms with Crippen molar-refractivity contribution < 1.29 is 4.79 Å². The number of fused-ring (bicyclic) bond motifs is 1. The maximum absolute atomic E-state index is 11.8. The Kier molecular flexibility index (Phi) is 2.08. The van der Waals surface area contributed by atoms with Crippen molar-refractivity contribution in [3.05, 3.63) is 48.0 Å². The molecule has 0 aromatic carbocycles. The lowest BCUT2D eigenvalue weighted by Gasteiger charge is -1.98. The average Bonchev–Trinajstić information content (AvgIpc) is 2.85. The van der Waals surface area contributed by atoms with Crippen LogP contribution >= 0.6 is 0 Å². The predicted molar refractivity (Wildman–Crippen MR) is 66.2 cm³/mol. The van der Waals surface area contributed by atoms with Gasteiger partial charge in [-0.2, -0.15) is 0 Å². The molecule has 4 nitrogen and oxygen atoms in total. The lowest BCUT2D eigenvalue weighted by molar-refractivity contribution is -0.110. The monoisotopic (exact) mass is 225 g/mol. The Morgan fingerprint density at radius 3 is 3.00 bits per heavy atom. The van der Waals surface area contributed by atoms with Crippen molar-refractivity contribution >= 4 is 23.2 Å². The van der Waals surface area contributed by atoms with Crippen LogP contribution in [0.15, 0.2) is 36.7 Å². The number of nitrogens with one attached hydrogen (secondary N) is 1. The second-order valence-corrected chi connectivity index (χ2v) is 3.96. The highest BCUT2D eigenvalue weighted by Crippen LogP contribution is 2.30. The molecule has 1 aliphatic rings. The van der Waals surface area contributed by atoms with Crippen LogP contribution in [0.3, 0.4) is 0 Å². The molecule has 0 aliphatic carbocycles. The normalized spacial score (nSPS) is 16.1. The molecular weight excluding hydrogens is 214 g/mol. The van der Waals surface area contributed by atoms with Crippen molar-refractivity contribution in [2.24, 2.45) is 7.05 Å². The van der Waals surface area contributed by atoms with Gasteiger partial charge in [0.2, 0.25) is 0 Å². The van der Waals surface area contributed by atoms with Crippen molar-refractivity contribution in [2.45, 2.75) is 0 Å². The number of aryl methyl sites for hydroxylation is 1. The number of amides is 1. The Hall–Kier alpha value is -2.36. The Morgan fingerprint density at radius 2 is 2.24 bits per heavy atom. The molecule has 0 saturated heterocycles. The zero-order valence-electron chi connectivity index (χ0n) is 9.34. The number of pyridine rings is 1. The molecule has 0 spiro atoms. The van der Waals surface area contributed by atoms with Crippen molar-refractivity contribution in [2.75, 3.05) is 5.32 Å². The molecule has 2 aromatic rings. The minimum atomic E-state index is -0.0973. The van der Waals surface area contributed by atoms with Crippen LogP contribution in [0.4, 0.5) is 5.69 Å². The van der Waals surface area contributed by atoms with Crippen LogP contribution in [0.25, 0.3) is 11.6 Å². The molecule has 1 aliphatic heterocycles. The standard InChI is InChI=1S/C13H11N3O/c1-16-7-3-4-9(16)8-10-12-11(15-13(10)17)5-2-6-14-12/h2-8H,1H3,(H,15,17). The van der Waals surface area contributed by atoms with Crippen LogP contribution in [-0.4, -0.2) is 15.5 Å². The van der Waals surface area contributed by atoms with E-state index in [4.69, 9.17) is 0 Å². The zero-order valence-corrected chi connectivity index (χ0v) is 9.34. The number of rotatable bonds is 1. The number of carbonyl (C=O) groups excluding carboxylic acids is 1. The van der Waals surface area contributed by atoms with Crippen LogP contribution in [0.5, 0.6) is 0 Å². The van der Waals surface area contributed by atoms with Gasteiger partial charge in [0.15, 0.2) is 0 Å². The summed E-state index contributed by atoms with van der Waals surface area (Å²) in [6, 6.07) is 7.57. The van der Waals surface area contributed by atoms with Gasteiger partial charge in [0, 0.05) is 25.1 Å². The fourth-order valence-corrected chi connectivity index (χ4v) is 1.92. The number of carbonyl (C=O) groups is 1. The molecule has 0 saturated carbocycles. The zero-order chi connectivity index (χ0) is 11.8. The number of hydrogen-bond donors (Lipinski definition) is 1. The van der Waals surface area contributed by atoms with E-state index in [0.717, 1.165) is 17.1 Å². The molecule has 0 radical (unpaired) electrons. The van der Waals surface area contributed by atoms with Gasteiger partial charge in [0.25, 0.3) is 5.91 Å². The van der Waals surface area contributed by atoms with Gasteiger partial charge in [-0.1, -0.05) is 0 Å². The van der Waals surface area contributed by atoms with E-state index in [9.17, 15) is 4.79 Å². The van der Waals surface area contributed by atoms with Crippen molar-refractivity contribution in [1.29, 1.82) is 0 Å². The number of hydrogen-bond acceptors (Lipinski definition) is 2. The first-order valence-electron chi connectivity index (χ1n) is 5.35. The van der Waals surface area contributed by atoms with E-state index in [2.05, 4.69) is 10.3 Å². The lowest BCUT2D eigenvalue weighted by Crippen LogP contribution is -2.04.